The Bertz CT molecular complexity index is 1040. The second-order valence-electron chi connectivity index (χ2n) is 6.10. The number of H-pyrrole nitrogens is 1. The molecular formula is C20H22N4O3S. The van der Waals surface area contributed by atoms with Gasteiger partial charge in [-0.25, -0.2) is 8.42 Å². The highest BCUT2D eigenvalue weighted by atomic mass is 32.2. The number of anilines is 1. The highest BCUT2D eigenvalue weighted by Crippen LogP contribution is 2.20. The van der Waals surface area contributed by atoms with Crippen molar-refractivity contribution in [2.45, 2.75) is 18.7 Å². The third kappa shape index (κ3) is 4.13. The predicted molar refractivity (Wildman–Crippen MR) is 109 cm³/mol. The Morgan fingerprint density at radius 1 is 1.04 bits per heavy atom. The van der Waals surface area contributed by atoms with Gasteiger partial charge in [-0.3, -0.25) is 9.89 Å². The molecule has 0 aliphatic heterocycles. The summed E-state index contributed by atoms with van der Waals surface area (Å²) >= 11 is 0. The zero-order valence-electron chi connectivity index (χ0n) is 15.7. The number of amides is 1. The van der Waals surface area contributed by atoms with Crippen LogP contribution in [0.15, 0.2) is 65.6 Å². The second-order valence-corrected chi connectivity index (χ2v) is 8.04. The third-order valence-corrected chi connectivity index (χ3v) is 6.41. The van der Waals surface area contributed by atoms with Crippen molar-refractivity contribution in [2.24, 2.45) is 0 Å². The predicted octanol–water partition coefficient (Wildman–Crippen LogP) is 3.36. The van der Waals surface area contributed by atoms with Gasteiger partial charge in [-0.2, -0.15) is 9.40 Å². The molecule has 0 aliphatic carbocycles. The first-order valence-corrected chi connectivity index (χ1v) is 10.4. The van der Waals surface area contributed by atoms with Gasteiger partial charge in [0.1, 0.15) is 5.69 Å². The molecule has 28 heavy (non-hydrogen) atoms. The van der Waals surface area contributed by atoms with Crippen LogP contribution in [-0.4, -0.2) is 41.9 Å². The molecule has 0 radical (unpaired) electrons. The monoisotopic (exact) mass is 398 g/mol. The largest absolute Gasteiger partial charge is 0.321 e. The molecule has 0 saturated carbocycles. The molecule has 0 fully saturated rings. The minimum Gasteiger partial charge on any atom is -0.321 e. The maximum atomic E-state index is 12.5. The zero-order chi connectivity index (χ0) is 20.1. The molecule has 1 amide bonds. The van der Waals surface area contributed by atoms with E-state index in [0.717, 1.165) is 5.56 Å². The fourth-order valence-electron chi connectivity index (χ4n) is 2.82. The number of aromatic nitrogens is 2. The van der Waals surface area contributed by atoms with Crippen molar-refractivity contribution in [3.05, 3.63) is 66.4 Å². The average molecular weight is 398 g/mol. The molecule has 2 N–H and O–H groups in total. The Kier molecular flexibility index (Phi) is 5.91. The van der Waals surface area contributed by atoms with Gasteiger partial charge in [0, 0.05) is 24.3 Å². The minimum atomic E-state index is -3.52. The summed E-state index contributed by atoms with van der Waals surface area (Å²) in [7, 11) is -3.52. The van der Waals surface area contributed by atoms with Gasteiger partial charge in [-0.15, -0.1) is 0 Å². The Morgan fingerprint density at radius 2 is 1.68 bits per heavy atom. The van der Waals surface area contributed by atoms with Crippen molar-refractivity contribution >= 4 is 21.6 Å². The lowest BCUT2D eigenvalue weighted by Crippen LogP contribution is -2.30. The quantitative estimate of drug-likeness (QED) is 0.638. The molecule has 1 heterocycles. The maximum absolute atomic E-state index is 12.5. The third-order valence-electron chi connectivity index (χ3n) is 4.35. The van der Waals surface area contributed by atoms with Gasteiger partial charge in [0.2, 0.25) is 10.0 Å². The first-order valence-electron chi connectivity index (χ1n) is 8.98. The zero-order valence-corrected chi connectivity index (χ0v) is 16.5. The maximum Gasteiger partial charge on any atom is 0.273 e. The van der Waals surface area contributed by atoms with Crippen LogP contribution in [0.3, 0.4) is 0 Å². The highest BCUT2D eigenvalue weighted by Gasteiger charge is 2.21. The lowest BCUT2D eigenvalue weighted by molar-refractivity contribution is 0.102. The summed E-state index contributed by atoms with van der Waals surface area (Å²) in [5, 5.41) is 9.63. The number of nitrogens with zero attached hydrogens (tertiary/aromatic N) is 2. The van der Waals surface area contributed by atoms with Crippen molar-refractivity contribution in [1.82, 2.24) is 14.5 Å². The van der Waals surface area contributed by atoms with Crippen molar-refractivity contribution in [1.29, 1.82) is 0 Å². The number of hydrogen-bond acceptors (Lipinski definition) is 4. The van der Waals surface area contributed by atoms with Crippen molar-refractivity contribution in [3.8, 4) is 11.3 Å². The Labute approximate surface area is 164 Å². The first kappa shape index (κ1) is 19.8. The molecule has 0 saturated heterocycles. The van der Waals surface area contributed by atoms with Crippen LogP contribution in [0, 0.1) is 0 Å². The van der Waals surface area contributed by atoms with Gasteiger partial charge in [-0.1, -0.05) is 44.2 Å². The number of carbonyl (C=O) groups excluding carboxylic acids is 1. The summed E-state index contributed by atoms with van der Waals surface area (Å²) in [5.41, 5.74) is 2.40. The normalized spacial score (nSPS) is 11.5. The van der Waals surface area contributed by atoms with E-state index in [9.17, 15) is 13.2 Å². The van der Waals surface area contributed by atoms with Crippen LogP contribution in [0.4, 0.5) is 5.69 Å². The van der Waals surface area contributed by atoms with Crippen molar-refractivity contribution < 1.29 is 13.2 Å². The van der Waals surface area contributed by atoms with E-state index in [-0.39, 0.29) is 10.8 Å². The van der Waals surface area contributed by atoms with Gasteiger partial charge in [0.15, 0.2) is 0 Å². The molecule has 0 unspecified atom stereocenters. The molecule has 0 bridgehead atoms. The summed E-state index contributed by atoms with van der Waals surface area (Å²) in [6, 6.07) is 17.3. The topological polar surface area (TPSA) is 95.2 Å². The summed E-state index contributed by atoms with van der Waals surface area (Å²) in [5.74, 6) is -0.353. The fraction of sp³-hybridized carbons (Fsp3) is 0.200. The second kappa shape index (κ2) is 8.37. The molecular weight excluding hydrogens is 376 g/mol. The van der Waals surface area contributed by atoms with Gasteiger partial charge >= 0.3 is 0 Å². The van der Waals surface area contributed by atoms with E-state index in [4.69, 9.17) is 0 Å². The standard InChI is InChI=1S/C20H22N4O3S/c1-3-24(4-2)28(26,27)17-12-10-16(11-13-17)21-20(25)19-14-18(22-23-19)15-8-6-5-7-9-15/h5-14H,3-4H2,1-2H3,(H,21,25)(H,22,23). The number of sulfonamides is 1. The van der Waals surface area contributed by atoms with Crippen LogP contribution in [0.5, 0.6) is 0 Å². The van der Waals surface area contributed by atoms with Crippen LogP contribution in [0.25, 0.3) is 11.3 Å². The highest BCUT2D eigenvalue weighted by molar-refractivity contribution is 7.89. The minimum absolute atomic E-state index is 0.196. The average Bonchev–Trinajstić information content (AvgIpc) is 3.20. The first-order chi connectivity index (χ1) is 13.5. The molecule has 1 aromatic heterocycles. The molecule has 7 nitrogen and oxygen atoms in total. The molecule has 0 spiro atoms. The molecule has 3 rings (SSSR count). The Hall–Kier alpha value is -2.97. The lowest BCUT2D eigenvalue weighted by Gasteiger charge is -2.18. The van der Waals surface area contributed by atoms with Crippen molar-refractivity contribution in [3.63, 3.8) is 0 Å². The molecule has 0 atom stereocenters. The van der Waals surface area contributed by atoms with Gasteiger partial charge in [0.05, 0.1) is 10.6 Å². The van der Waals surface area contributed by atoms with Gasteiger partial charge in [0.25, 0.3) is 5.91 Å². The van der Waals surface area contributed by atoms with E-state index >= 15 is 0 Å². The smallest absolute Gasteiger partial charge is 0.273 e. The van der Waals surface area contributed by atoms with Gasteiger partial charge < -0.3 is 5.32 Å². The SMILES string of the molecule is CCN(CC)S(=O)(=O)c1ccc(NC(=O)c2cc(-c3ccccc3)n[nH]2)cc1. The summed E-state index contributed by atoms with van der Waals surface area (Å²) in [4.78, 5) is 12.6. The Balaban J connectivity index is 1.73. The number of hydrogen-bond donors (Lipinski definition) is 2. The van der Waals surface area contributed by atoms with Crippen LogP contribution >= 0.6 is 0 Å². The van der Waals surface area contributed by atoms with E-state index in [2.05, 4.69) is 15.5 Å². The van der Waals surface area contributed by atoms with Crippen LogP contribution in [-0.2, 0) is 10.0 Å². The van der Waals surface area contributed by atoms with Crippen LogP contribution < -0.4 is 5.32 Å². The lowest BCUT2D eigenvalue weighted by atomic mass is 10.1. The summed E-state index contributed by atoms with van der Waals surface area (Å²) in [6.07, 6.45) is 0. The fourth-order valence-corrected chi connectivity index (χ4v) is 4.27. The van der Waals surface area contributed by atoms with Crippen LogP contribution in [0.1, 0.15) is 24.3 Å². The molecule has 146 valence electrons. The van der Waals surface area contributed by atoms with E-state index < -0.39 is 10.0 Å². The number of aromatic amines is 1. The van der Waals surface area contributed by atoms with Gasteiger partial charge in [-0.05, 0) is 30.3 Å². The molecule has 8 heteroatoms. The summed E-state index contributed by atoms with van der Waals surface area (Å²) < 4.78 is 26.4. The molecule has 2 aromatic carbocycles. The van der Waals surface area contributed by atoms with E-state index in [1.54, 1.807) is 32.0 Å². The van der Waals surface area contributed by atoms with E-state index in [0.29, 0.717) is 30.2 Å². The van der Waals surface area contributed by atoms with E-state index in [1.165, 1.54) is 16.4 Å². The number of carbonyl (C=O) groups is 1. The Morgan fingerprint density at radius 3 is 2.29 bits per heavy atom. The summed E-state index contributed by atoms with van der Waals surface area (Å²) in [6.45, 7) is 4.40. The van der Waals surface area contributed by atoms with Crippen molar-refractivity contribution in [2.75, 3.05) is 18.4 Å². The molecule has 3 aromatic rings. The number of nitrogens with one attached hydrogen (secondary N) is 2. The number of rotatable bonds is 7. The van der Waals surface area contributed by atoms with E-state index in [1.807, 2.05) is 30.3 Å². The number of benzene rings is 2. The molecule has 0 aliphatic rings. The van der Waals surface area contributed by atoms with Crippen LogP contribution in [0.2, 0.25) is 0 Å².